The van der Waals surface area contributed by atoms with Gasteiger partial charge in [0, 0.05) is 43.3 Å². The first-order chi connectivity index (χ1) is 7.92. The zero-order valence-electron chi connectivity index (χ0n) is 10.2. The van der Waals surface area contributed by atoms with Gasteiger partial charge in [-0.2, -0.15) is 0 Å². The second-order valence-corrected chi connectivity index (χ2v) is 3.61. The van der Waals surface area contributed by atoms with Crippen LogP contribution in [0.5, 0.6) is 0 Å². The summed E-state index contributed by atoms with van der Waals surface area (Å²) < 4.78 is 0. The molecule has 0 aromatic heterocycles. The SMILES string of the molecule is NCCN(c1ccccc1)c1ccccc1.[Li]. The maximum atomic E-state index is 5.66. The fraction of sp³-hybridized carbons (Fsp3) is 0.143. The monoisotopic (exact) mass is 219 g/mol. The van der Waals surface area contributed by atoms with E-state index in [0.29, 0.717) is 6.54 Å². The Kier molecular flexibility index (Phi) is 5.86. The number of rotatable bonds is 4. The van der Waals surface area contributed by atoms with Crippen molar-refractivity contribution >= 4 is 30.2 Å². The van der Waals surface area contributed by atoms with Gasteiger partial charge in [-0.1, -0.05) is 36.4 Å². The average molecular weight is 219 g/mol. The number of nitrogens with zero attached hydrogens (tertiary/aromatic N) is 1. The van der Waals surface area contributed by atoms with Gasteiger partial charge in [-0.3, -0.25) is 0 Å². The van der Waals surface area contributed by atoms with E-state index in [-0.39, 0.29) is 18.9 Å². The summed E-state index contributed by atoms with van der Waals surface area (Å²) in [5.41, 5.74) is 8.02. The van der Waals surface area contributed by atoms with Crippen molar-refractivity contribution in [3.05, 3.63) is 60.7 Å². The number of anilines is 2. The largest absolute Gasteiger partial charge is 0.340 e. The van der Waals surface area contributed by atoms with Gasteiger partial charge in [0.05, 0.1) is 0 Å². The van der Waals surface area contributed by atoms with Crippen LogP contribution in [0.25, 0.3) is 0 Å². The van der Waals surface area contributed by atoms with Crippen LogP contribution in [-0.2, 0) is 0 Å². The molecule has 2 nitrogen and oxygen atoms in total. The van der Waals surface area contributed by atoms with Crippen molar-refractivity contribution in [1.29, 1.82) is 0 Å². The molecule has 0 amide bonds. The van der Waals surface area contributed by atoms with E-state index in [4.69, 9.17) is 5.73 Å². The van der Waals surface area contributed by atoms with Crippen LogP contribution in [0.4, 0.5) is 11.4 Å². The van der Waals surface area contributed by atoms with Crippen LogP contribution >= 0.6 is 0 Å². The predicted molar refractivity (Wildman–Crippen MR) is 74.7 cm³/mol. The first-order valence-corrected chi connectivity index (χ1v) is 5.49. The first kappa shape index (κ1) is 13.9. The molecule has 0 spiro atoms. The smallest absolute Gasteiger partial charge is 0.0411 e. The Labute approximate surface area is 115 Å². The van der Waals surface area contributed by atoms with Gasteiger partial charge in [0.2, 0.25) is 0 Å². The summed E-state index contributed by atoms with van der Waals surface area (Å²) in [4.78, 5) is 2.22. The van der Waals surface area contributed by atoms with E-state index in [1.165, 1.54) is 11.4 Å². The van der Waals surface area contributed by atoms with Gasteiger partial charge in [-0.05, 0) is 24.3 Å². The molecule has 0 fully saturated rings. The Morgan fingerprint density at radius 2 is 1.18 bits per heavy atom. The minimum atomic E-state index is 0. The molecule has 3 heteroatoms. The molecule has 0 saturated heterocycles. The topological polar surface area (TPSA) is 29.3 Å². The summed E-state index contributed by atoms with van der Waals surface area (Å²) in [5, 5.41) is 0. The van der Waals surface area contributed by atoms with Crippen molar-refractivity contribution in [1.82, 2.24) is 0 Å². The van der Waals surface area contributed by atoms with E-state index in [9.17, 15) is 0 Å². The molecule has 2 rings (SSSR count). The molecule has 17 heavy (non-hydrogen) atoms. The molecule has 83 valence electrons. The summed E-state index contributed by atoms with van der Waals surface area (Å²) in [7, 11) is 0. The van der Waals surface area contributed by atoms with Crippen molar-refractivity contribution in [2.75, 3.05) is 18.0 Å². The molecule has 0 saturated carbocycles. The summed E-state index contributed by atoms with van der Waals surface area (Å²) in [6.45, 7) is 1.47. The van der Waals surface area contributed by atoms with Gasteiger partial charge in [0.25, 0.3) is 0 Å². The third kappa shape index (κ3) is 3.64. The zero-order valence-corrected chi connectivity index (χ0v) is 10.2. The van der Waals surface area contributed by atoms with E-state index in [1.807, 2.05) is 36.4 Å². The van der Waals surface area contributed by atoms with E-state index < -0.39 is 0 Å². The third-order valence-corrected chi connectivity index (χ3v) is 2.49. The molecule has 0 bridgehead atoms. The number of para-hydroxylation sites is 2. The van der Waals surface area contributed by atoms with E-state index in [2.05, 4.69) is 29.2 Å². The molecule has 0 aliphatic rings. The molecule has 2 N–H and O–H groups in total. The molecular formula is C14H16LiN2. The van der Waals surface area contributed by atoms with Crippen molar-refractivity contribution in [2.24, 2.45) is 5.73 Å². The predicted octanol–water partition coefficient (Wildman–Crippen LogP) is 2.40. The van der Waals surface area contributed by atoms with Gasteiger partial charge >= 0.3 is 0 Å². The quantitative estimate of drug-likeness (QED) is 0.800. The second kappa shape index (κ2) is 7.19. The second-order valence-electron chi connectivity index (χ2n) is 3.61. The van der Waals surface area contributed by atoms with E-state index in [1.54, 1.807) is 0 Å². The van der Waals surface area contributed by atoms with Crippen molar-refractivity contribution in [3.63, 3.8) is 0 Å². The van der Waals surface area contributed by atoms with Crippen LogP contribution in [-0.4, -0.2) is 32.0 Å². The standard InChI is InChI=1S/C14H16N2.Li/c15-11-12-16(13-7-3-1-4-8-13)14-9-5-2-6-10-14;/h1-10H,11-12,15H2;. The Morgan fingerprint density at radius 1 is 0.765 bits per heavy atom. The van der Waals surface area contributed by atoms with Gasteiger partial charge < -0.3 is 10.6 Å². The van der Waals surface area contributed by atoms with Crippen molar-refractivity contribution < 1.29 is 0 Å². The third-order valence-electron chi connectivity index (χ3n) is 2.49. The fourth-order valence-corrected chi connectivity index (χ4v) is 1.75. The summed E-state index contributed by atoms with van der Waals surface area (Å²) in [6.07, 6.45) is 0. The minimum Gasteiger partial charge on any atom is -0.340 e. The average Bonchev–Trinajstić information content (AvgIpc) is 2.38. The molecule has 0 aliphatic heterocycles. The molecule has 0 atom stereocenters. The van der Waals surface area contributed by atoms with Gasteiger partial charge in [-0.25, -0.2) is 0 Å². The summed E-state index contributed by atoms with van der Waals surface area (Å²) in [6, 6.07) is 20.6. The van der Waals surface area contributed by atoms with Crippen LogP contribution in [0.1, 0.15) is 0 Å². The van der Waals surface area contributed by atoms with Gasteiger partial charge in [0.15, 0.2) is 0 Å². The van der Waals surface area contributed by atoms with Crippen molar-refractivity contribution in [2.45, 2.75) is 0 Å². The number of nitrogens with two attached hydrogens (primary N) is 1. The fourth-order valence-electron chi connectivity index (χ4n) is 1.75. The van der Waals surface area contributed by atoms with Crippen LogP contribution < -0.4 is 10.6 Å². The van der Waals surface area contributed by atoms with E-state index in [0.717, 1.165) is 6.54 Å². The van der Waals surface area contributed by atoms with Gasteiger partial charge in [-0.15, -0.1) is 0 Å². The number of hydrogen-bond acceptors (Lipinski definition) is 2. The van der Waals surface area contributed by atoms with Crippen LogP contribution in [0, 0.1) is 0 Å². The van der Waals surface area contributed by atoms with Gasteiger partial charge in [0.1, 0.15) is 0 Å². The summed E-state index contributed by atoms with van der Waals surface area (Å²) in [5.74, 6) is 0. The minimum absolute atomic E-state index is 0. The number of hydrogen-bond donors (Lipinski definition) is 1. The van der Waals surface area contributed by atoms with Crippen molar-refractivity contribution in [3.8, 4) is 0 Å². The normalized spacial score (nSPS) is 9.47. The molecular weight excluding hydrogens is 203 g/mol. The first-order valence-electron chi connectivity index (χ1n) is 5.49. The Hall–Kier alpha value is -1.20. The Balaban J connectivity index is 0.00000144. The molecule has 0 unspecified atom stereocenters. The molecule has 2 aromatic rings. The maximum Gasteiger partial charge on any atom is 0.0411 e. The van der Waals surface area contributed by atoms with Crippen LogP contribution in [0.2, 0.25) is 0 Å². The van der Waals surface area contributed by atoms with E-state index >= 15 is 0 Å². The number of benzene rings is 2. The maximum absolute atomic E-state index is 5.66. The Bertz CT molecular complexity index is 377. The molecule has 1 radical (unpaired) electrons. The van der Waals surface area contributed by atoms with Crippen LogP contribution in [0.15, 0.2) is 60.7 Å². The summed E-state index contributed by atoms with van der Waals surface area (Å²) >= 11 is 0. The molecule has 0 aliphatic carbocycles. The van der Waals surface area contributed by atoms with Crippen LogP contribution in [0.3, 0.4) is 0 Å². The Morgan fingerprint density at radius 3 is 1.53 bits per heavy atom. The molecule has 0 heterocycles. The molecule has 2 aromatic carbocycles. The zero-order chi connectivity index (χ0) is 11.2.